The number of aliphatic carboxylic acids is 1. The SMILES string of the molecule is CNC(=O)NC(=O)CN1CC(CC(=O)O)C1. The summed E-state index contributed by atoms with van der Waals surface area (Å²) in [4.78, 5) is 34.2. The van der Waals surface area contributed by atoms with Gasteiger partial charge in [-0.3, -0.25) is 19.8 Å². The smallest absolute Gasteiger partial charge is 0.321 e. The molecular formula is C9H15N3O4. The molecule has 0 saturated carbocycles. The molecule has 1 aliphatic heterocycles. The molecule has 16 heavy (non-hydrogen) atoms. The first-order valence-corrected chi connectivity index (χ1v) is 4.97. The topological polar surface area (TPSA) is 98.7 Å². The van der Waals surface area contributed by atoms with Crippen LogP contribution in [0.15, 0.2) is 0 Å². The van der Waals surface area contributed by atoms with Crippen molar-refractivity contribution in [1.82, 2.24) is 15.5 Å². The Morgan fingerprint density at radius 3 is 2.50 bits per heavy atom. The van der Waals surface area contributed by atoms with Crippen molar-refractivity contribution in [3.63, 3.8) is 0 Å². The zero-order chi connectivity index (χ0) is 12.1. The van der Waals surface area contributed by atoms with Crippen molar-refractivity contribution >= 4 is 17.9 Å². The third-order valence-electron chi connectivity index (χ3n) is 2.34. The minimum atomic E-state index is -0.820. The lowest BCUT2D eigenvalue weighted by Gasteiger charge is -2.37. The molecule has 1 saturated heterocycles. The van der Waals surface area contributed by atoms with Crippen LogP contribution in [0.25, 0.3) is 0 Å². The fourth-order valence-corrected chi connectivity index (χ4v) is 1.61. The number of carboxylic acid groups (broad SMARTS) is 1. The van der Waals surface area contributed by atoms with Crippen molar-refractivity contribution < 1.29 is 19.5 Å². The molecule has 0 bridgehead atoms. The highest BCUT2D eigenvalue weighted by Gasteiger charge is 2.29. The third-order valence-corrected chi connectivity index (χ3v) is 2.34. The lowest BCUT2D eigenvalue weighted by Crippen LogP contribution is -2.52. The number of carbonyl (C=O) groups excluding carboxylic acids is 2. The Morgan fingerprint density at radius 2 is 2.00 bits per heavy atom. The Labute approximate surface area is 92.8 Å². The van der Waals surface area contributed by atoms with Gasteiger partial charge in [0.15, 0.2) is 0 Å². The minimum Gasteiger partial charge on any atom is -0.481 e. The minimum absolute atomic E-state index is 0.116. The molecule has 0 aromatic rings. The van der Waals surface area contributed by atoms with E-state index in [1.54, 1.807) is 4.90 Å². The quantitative estimate of drug-likeness (QED) is 0.565. The van der Waals surface area contributed by atoms with Crippen LogP contribution in [-0.2, 0) is 9.59 Å². The molecule has 1 rings (SSSR count). The number of rotatable bonds is 4. The normalized spacial score (nSPS) is 16.3. The van der Waals surface area contributed by atoms with E-state index in [-0.39, 0.29) is 24.8 Å². The van der Waals surface area contributed by atoms with Gasteiger partial charge in [0.1, 0.15) is 0 Å². The van der Waals surface area contributed by atoms with E-state index in [1.807, 2.05) is 0 Å². The average molecular weight is 229 g/mol. The molecule has 7 nitrogen and oxygen atoms in total. The molecule has 0 aliphatic carbocycles. The van der Waals surface area contributed by atoms with Crippen LogP contribution in [0.3, 0.4) is 0 Å². The molecule has 1 heterocycles. The van der Waals surface area contributed by atoms with Crippen molar-refractivity contribution in [2.24, 2.45) is 5.92 Å². The Bertz CT molecular complexity index is 299. The Balaban J connectivity index is 2.15. The van der Waals surface area contributed by atoms with Gasteiger partial charge in [0, 0.05) is 20.1 Å². The Morgan fingerprint density at radius 1 is 1.38 bits per heavy atom. The van der Waals surface area contributed by atoms with E-state index in [4.69, 9.17) is 5.11 Å². The number of carbonyl (C=O) groups is 3. The lowest BCUT2D eigenvalue weighted by molar-refractivity contribution is -0.139. The fourth-order valence-electron chi connectivity index (χ4n) is 1.61. The molecule has 90 valence electrons. The van der Waals surface area contributed by atoms with Gasteiger partial charge in [-0.05, 0) is 5.92 Å². The van der Waals surface area contributed by atoms with Crippen molar-refractivity contribution in [3.05, 3.63) is 0 Å². The summed E-state index contributed by atoms with van der Waals surface area (Å²) in [5, 5.41) is 12.9. The van der Waals surface area contributed by atoms with Gasteiger partial charge >= 0.3 is 12.0 Å². The van der Waals surface area contributed by atoms with Gasteiger partial charge in [0.05, 0.1) is 13.0 Å². The van der Waals surface area contributed by atoms with Crippen LogP contribution < -0.4 is 10.6 Å². The number of imide groups is 1. The second-order valence-electron chi connectivity index (χ2n) is 3.79. The summed E-state index contributed by atoms with van der Waals surface area (Å²) in [6, 6.07) is -0.535. The van der Waals surface area contributed by atoms with Crippen LogP contribution >= 0.6 is 0 Å². The van der Waals surface area contributed by atoms with Crippen LogP contribution in [0.2, 0.25) is 0 Å². The number of nitrogens with zero attached hydrogens (tertiary/aromatic N) is 1. The van der Waals surface area contributed by atoms with Crippen LogP contribution in [0.1, 0.15) is 6.42 Å². The highest BCUT2D eigenvalue weighted by atomic mass is 16.4. The van der Waals surface area contributed by atoms with Gasteiger partial charge in [0.25, 0.3) is 0 Å². The summed E-state index contributed by atoms with van der Waals surface area (Å²) >= 11 is 0. The molecule has 1 fully saturated rings. The largest absolute Gasteiger partial charge is 0.481 e. The number of carboxylic acids is 1. The molecule has 3 N–H and O–H groups in total. The van der Waals surface area contributed by atoms with E-state index in [0.717, 1.165) is 0 Å². The summed E-state index contributed by atoms with van der Waals surface area (Å²) in [6.07, 6.45) is 0.133. The molecule has 3 amide bonds. The summed E-state index contributed by atoms with van der Waals surface area (Å²) in [5.41, 5.74) is 0. The zero-order valence-corrected chi connectivity index (χ0v) is 9.02. The molecule has 0 unspecified atom stereocenters. The summed E-state index contributed by atoms with van der Waals surface area (Å²) < 4.78 is 0. The third kappa shape index (κ3) is 3.85. The van der Waals surface area contributed by atoms with Crippen molar-refractivity contribution in [2.75, 3.05) is 26.7 Å². The number of likely N-dealkylation sites (tertiary alicyclic amines) is 1. The summed E-state index contributed by atoms with van der Waals surface area (Å²) in [7, 11) is 1.43. The van der Waals surface area contributed by atoms with Gasteiger partial charge in [-0.25, -0.2) is 4.79 Å². The number of nitrogens with one attached hydrogen (secondary N) is 2. The number of hydrogen-bond donors (Lipinski definition) is 3. The maximum Gasteiger partial charge on any atom is 0.321 e. The zero-order valence-electron chi connectivity index (χ0n) is 9.02. The number of hydrogen-bond acceptors (Lipinski definition) is 4. The first kappa shape index (κ1) is 12.4. The van der Waals surface area contributed by atoms with E-state index in [9.17, 15) is 14.4 Å². The van der Waals surface area contributed by atoms with Crippen LogP contribution in [0.5, 0.6) is 0 Å². The van der Waals surface area contributed by atoms with E-state index >= 15 is 0 Å². The standard InChI is InChI=1S/C9H15N3O4/c1-10-9(16)11-7(13)5-12-3-6(4-12)2-8(14)15/h6H,2-5H2,1H3,(H,14,15)(H2,10,11,13,16). The fraction of sp³-hybridized carbons (Fsp3) is 0.667. The monoisotopic (exact) mass is 229 g/mol. The van der Waals surface area contributed by atoms with Gasteiger partial charge in [-0.1, -0.05) is 0 Å². The summed E-state index contributed by atoms with van der Waals surface area (Å²) in [6.45, 7) is 1.31. The molecule has 0 atom stereocenters. The lowest BCUT2D eigenvalue weighted by atomic mass is 9.96. The highest BCUT2D eigenvalue weighted by molar-refractivity contribution is 5.95. The Kier molecular flexibility index (Phi) is 4.24. The van der Waals surface area contributed by atoms with Crippen molar-refractivity contribution in [2.45, 2.75) is 6.42 Å². The molecule has 0 radical (unpaired) electrons. The van der Waals surface area contributed by atoms with Crippen LogP contribution in [0.4, 0.5) is 4.79 Å². The molecule has 1 aliphatic rings. The van der Waals surface area contributed by atoms with E-state index < -0.39 is 12.0 Å². The number of amides is 3. The predicted molar refractivity (Wildman–Crippen MR) is 54.8 cm³/mol. The van der Waals surface area contributed by atoms with Crippen LogP contribution in [0, 0.1) is 5.92 Å². The number of urea groups is 1. The van der Waals surface area contributed by atoms with Gasteiger partial charge in [0.2, 0.25) is 5.91 Å². The molecule has 0 spiro atoms. The first-order chi connectivity index (χ1) is 7.51. The van der Waals surface area contributed by atoms with Gasteiger partial charge < -0.3 is 10.4 Å². The maximum absolute atomic E-state index is 11.2. The predicted octanol–water partition coefficient (Wildman–Crippen LogP) is -1.15. The molecule has 0 aromatic heterocycles. The van der Waals surface area contributed by atoms with Gasteiger partial charge in [-0.2, -0.15) is 0 Å². The molecular weight excluding hydrogens is 214 g/mol. The van der Waals surface area contributed by atoms with Crippen LogP contribution in [-0.4, -0.2) is 54.6 Å². The second-order valence-corrected chi connectivity index (χ2v) is 3.79. The summed E-state index contributed by atoms with van der Waals surface area (Å²) in [5.74, 6) is -1.09. The van der Waals surface area contributed by atoms with Crippen molar-refractivity contribution in [1.29, 1.82) is 0 Å². The van der Waals surface area contributed by atoms with E-state index in [2.05, 4.69) is 10.6 Å². The van der Waals surface area contributed by atoms with Gasteiger partial charge in [-0.15, -0.1) is 0 Å². The first-order valence-electron chi connectivity index (χ1n) is 4.97. The second kappa shape index (κ2) is 5.45. The average Bonchev–Trinajstić information content (AvgIpc) is 2.13. The van der Waals surface area contributed by atoms with E-state index in [1.165, 1.54) is 7.05 Å². The molecule has 7 heteroatoms. The maximum atomic E-state index is 11.2. The van der Waals surface area contributed by atoms with E-state index in [0.29, 0.717) is 13.1 Å². The highest BCUT2D eigenvalue weighted by Crippen LogP contribution is 2.17. The van der Waals surface area contributed by atoms with Crippen molar-refractivity contribution in [3.8, 4) is 0 Å². The Hall–Kier alpha value is -1.63. The molecule has 0 aromatic carbocycles.